The van der Waals surface area contributed by atoms with Crippen molar-refractivity contribution in [1.29, 1.82) is 0 Å². The molecular weight excluding hydrogens is 288 g/mol. The molecule has 1 nitrogen and oxygen atoms in total. The number of rotatable bonds is 6. The van der Waals surface area contributed by atoms with E-state index in [1.165, 1.54) is 31.8 Å². The van der Waals surface area contributed by atoms with E-state index in [2.05, 4.69) is 51.6 Å². The predicted octanol–water partition coefficient (Wildman–Crippen LogP) is 4.38. The van der Waals surface area contributed by atoms with Crippen molar-refractivity contribution in [2.45, 2.75) is 65.4 Å². The quantitative estimate of drug-likeness (QED) is 0.438. The second-order valence-corrected chi connectivity index (χ2v) is 8.01. The molecule has 0 aromatic heterocycles. The van der Waals surface area contributed by atoms with Crippen molar-refractivity contribution in [2.24, 2.45) is 23.5 Å². The van der Waals surface area contributed by atoms with E-state index >= 15 is 0 Å². The van der Waals surface area contributed by atoms with Crippen LogP contribution in [0.25, 0.3) is 0 Å². The summed E-state index contributed by atoms with van der Waals surface area (Å²) < 4.78 is 0. The summed E-state index contributed by atoms with van der Waals surface area (Å²) in [5.41, 5.74) is 10.8. The van der Waals surface area contributed by atoms with Crippen molar-refractivity contribution in [3.63, 3.8) is 0 Å². The van der Waals surface area contributed by atoms with Crippen molar-refractivity contribution in [2.75, 3.05) is 0 Å². The summed E-state index contributed by atoms with van der Waals surface area (Å²) in [5.74, 6) is 6.83. The van der Waals surface area contributed by atoms with E-state index in [4.69, 9.17) is 12.2 Å². The lowest BCUT2D eigenvalue weighted by Crippen LogP contribution is -2.34. The van der Waals surface area contributed by atoms with E-state index in [0.717, 1.165) is 12.8 Å². The van der Waals surface area contributed by atoms with E-state index in [9.17, 15) is 0 Å². The molecule has 0 aromatic rings. The zero-order valence-electron chi connectivity index (χ0n) is 16.0. The lowest BCUT2D eigenvalue weighted by atomic mass is 9.50. The molecule has 0 saturated heterocycles. The van der Waals surface area contributed by atoms with Crippen LogP contribution in [-0.4, -0.2) is 20.0 Å². The number of terminal acetylenes is 1. The summed E-state index contributed by atoms with van der Waals surface area (Å²) in [5, 5.41) is 0. The minimum absolute atomic E-state index is 0.194. The highest BCUT2D eigenvalue weighted by molar-refractivity contribution is 6.62. The molecule has 0 spiro atoms. The third kappa shape index (κ3) is 4.70. The minimum atomic E-state index is 0.194. The Bertz CT molecular complexity index is 567. The van der Waals surface area contributed by atoms with Gasteiger partial charge in [-0.15, -0.1) is 18.3 Å². The first-order valence-electron chi connectivity index (χ1n) is 9.75. The van der Waals surface area contributed by atoms with Gasteiger partial charge in [-0.3, -0.25) is 0 Å². The van der Waals surface area contributed by atoms with E-state index in [0.29, 0.717) is 24.5 Å². The van der Waals surface area contributed by atoms with Gasteiger partial charge in [0.1, 0.15) is 7.28 Å². The topological polar surface area (TPSA) is 26.0 Å². The molecule has 2 rings (SSSR count). The van der Waals surface area contributed by atoms with Gasteiger partial charge in [0.2, 0.25) is 0 Å². The first-order valence-corrected chi connectivity index (χ1v) is 9.75. The monoisotopic (exact) mass is 321 g/mol. The molecular formula is C21H33B2N. The molecule has 2 aliphatic rings. The molecule has 0 bridgehead atoms. The molecule has 0 radical (unpaired) electrons. The molecule has 1 heterocycles. The molecule has 4 atom stereocenters. The van der Waals surface area contributed by atoms with E-state index in [-0.39, 0.29) is 6.04 Å². The fourth-order valence-electron chi connectivity index (χ4n) is 4.08. The molecule has 1 aliphatic heterocycles. The number of hydrogen-bond donors (Lipinski definition) is 1. The average Bonchev–Trinajstić information content (AvgIpc) is 3.01. The van der Waals surface area contributed by atoms with Gasteiger partial charge < -0.3 is 5.73 Å². The number of hydrogen-bond acceptors (Lipinski definition) is 1. The minimum Gasteiger partial charge on any atom is -0.324 e. The molecule has 2 N–H and O–H groups in total. The zero-order chi connectivity index (χ0) is 17.7. The van der Waals surface area contributed by atoms with Gasteiger partial charge in [0, 0.05) is 12.0 Å². The van der Waals surface area contributed by atoms with Crippen molar-refractivity contribution >= 4 is 14.0 Å². The van der Waals surface area contributed by atoms with Gasteiger partial charge >= 0.3 is 0 Å². The van der Waals surface area contributed by atoms with Gasteiger partial charge in [0.25, 0.3) is 0 Å². The van der Waals surface area contributed by atoms with Gasteiger partial charge in [0.15, 0.2) is 6.71 Å². The highest BCUT2D eigenvalue weighted by atomic mass is 14.6. The van der Waals surface area contributed by atoms with Crippen LogP contribution in [0.5, 0.6) is 0 Å². The zero-order valence-corrected chi connectivity index (χ0v) is 16.0. The van der Waals surface area contributed by atoms with E-state index in [1.54, 1.807) is 11.1 Å². The van der Waals surface area contributed by atoms with Gasteiger partial charge in [-0.25, -0.2) is 0 Å². The molecule has 0 fully saturated rings. The van der Waals surface area contributed by atoms with Crippen LogP contribution >= 0.6 is 0 Å². The summed E-state index contributed by atoms with van der Waals surface area (Å²) in [6, 6.07) is 0.194. The summed E-state index contributed by atoms with van der Waals surface area (Å²) in [4.78, 5) is 0. The number of allylic oxidation sites excluding steroid dienone is 4. The van der Waals surface area contributed by atoms with Crippen molar-refractivity contribution in [3.05, 3.63) is 34.8 Å². The second-order valence-electron chi connectivity index (χ2n) is 8.01. The van der Waals surface area contributed by atoms with Crippen LogP contribution < -0.4 is 5.73 Å². The summed E-state index contributed by atoms with van der Waals surface area (Å²) in [6.45, 7) is 9.67. The Balaban J connectivity index is 2.13. The van der Waals surface area contributed by atoms with Crippen LogP contribution in [-0.2, 0) is 0 Å². The maximum atomic E-state index is 6.19. The van der Waals surface area contributed by atoms with E-state index < -0.39 is 0 Å². The fourth-order valence-corrected chi connectivity index (χ4v) is 4.08. The van der Waals surface area contributed by atoms with E-state index in [1.807, 2.05) is 0 Å². The largest absolute Gasteiger partial charge is 0.324 e. The predicted molar refractivity (Wildman–Crippen MR) is 111 cm³/mol. The fraction of sp³-hybridized carbons (Fsp3) is 0.619. The Morgan fingerprint density at radius 2 is 2.25 bits per heavy atom. The summed E-state index contributed by atoms with van der Waals surface area (Å²) >= 11 is 0. The Labute approximate surface area is 150 Å². The number of nitrogens with two attached hydrogens (primary N) is 1. The van der Waals surface area contributed by atoms with Crippen molar-refractivity contribution in [3.8, 4) is 12.3 Å². The Kier molecular flexibility index (Phi) is 7.05. The van der Waals surface area contributed by atoms with Gasteiger partial charge in [-0.2, -0.15) is 0 Å². The third-order valence-electron chi connectivity index (χ3n) is 6.14. The lowest BCUT2D eigenvalue weighted by molar-refractivity contribution is 0.321. The molecule has 128 valence electrons. The Morgan fingerprint density at radius 3 is 2.92 bits per heavy atom. The first kappa shape index (κ1) is 19.2. The summed E-state index contributed by atoms with van der Waals surface area (Å²) in [6.07, 6.45) is 16.4. The molecule has 1 aliphatic carbocycles. The SMILES string of the molecule is C#CC(CC1=C(/C=C/B(C)CC)CBC1)C1CC(C)C(N)C=C1C. The molecule has 0 aromatic carbocycles. The van der Waals surface area contributed by atoms with Crippen LogP contribution in [0.2, 0.25) is 25.8 Å². The highest BCUT2D eigenvalue weighted by Gasteiger charge is 2.30. The summed E-state index contributed by atoms with van der Waals surface area (Å²) in [7, 11) is 1.29. The smallest absolute Gasteiger partial charge is 0.163 e. The van der Waals surface area contributed by atoms with Gasteiger partial charge in [0.05, 0.1) is 0 Å². The average molecular weight is 321 g/mol. The molecule has 0 saturated carbocycles. The molecule has 3 heteroatoms. The Morgan fingerprint density at radius 1 is 1.50 bits per heavy atom. The van der Waals surface area contributed by atoms with Crippen LogP contribution in [0.15, 0.2) is 34.8 Å². The van der Waals surface area contributed by atoms with Crippen LogP contribution in [0.3, 0.4) is 0 Å². The molecule has 0 amide bonds. The first-order chi connectivity index (χ1) is 11.5. The normalized spacial score (nSPS) is 28.5. The van der Waals surface area contributed by atoms with Crippen molar-refractivity contribution in [1.82, 2.24) is 0 Å². The van der Waals surface area contributed by atoms with Gasteiger partial charge in [-0.05, 0) is 31.6 Å². The maximum Gasteiger partial charge on any atom is 0.163 e. The van der Waals surface area contributed by atoms with Crippen LogP contribution in [0.1, 0.15) is 33.6 Å². The second kappa shape index (κ2) is 8.82. The standard InChI is InChI=1S/C21H33B2N/c1-6-17(20-10-16(4)21(24)11-15(20)3)12-19-14-22-13-18(19)8-9-23(5)7-2/h1,8-9,11,16-17,20-22H,7,10,12-14,24H2,2-5H3/b9-8+. The highest BCUT2D eigenvalue weighted by Crippen LogP contribution is 2.38. The van der Waals surface area contributed by atoms with Crippen LogP contribution in [0, 0.1) is 30.1 Å². The Hall–Kier alpha value is -1.13. The maximum absolute atomic E-state index is 6.19. The third-order valence-corrected chi connectivity index (χ3v) is 6.14. The van der Waals surface area contributed by atoms with Crippen LogP contribution in [0.4, 0.5) is 0 Å². The molecule has 24 heavy (non-hydrogen) atoms. The molecule has 4 unspecified atom stereocenters. The van der Waals surface area contributed by atoms with Gasteiger partial charge in [-0.1, -0.05) is 68.5 Å². The van der Waals surface area contributed by atoms with Crippen molar-refractivity contribution < 1.29 is 0 Å². The lowest BCUT2D eigenvalue weighted by Gasteiger charge is -2.34.